The summed E-state index contributed by atoms with van der Waals surface area (Å²) in [5, 5.41) is 0. The topological polar surface area (TPSA) is 62.3 Å². The Balaban J connectivity index is 1.26. The molecule has 0 radical (unpaired) electrons. The first-order valence-corrected chi connectivity index (χ1v) is 10.3. The van der Waals surface area contributed by atoms with Crippen molar-refractivity contribution in [2.45, 2.75) is 32.7 Å². The zero-order chi connectivity index (χ0) is 19.5. The van der Waals surface area contributed by atoms with Crippen LogP contribution in [0.5, 0.6) is 11.5 Å². The number of likely N-dealkylation sites (tertiary alicyclic amines) is 1. The molecule has 0 aliphatic carbocycles. The van der Waals surface area contributed by atoms with E-state index in [1.165, 1.54) is 5.56 Å². The molecule has 1 aromatic carbocycles. The van der Waals surface area contributed by atoms with Gasteiger partial charge in [-0.1, -0.05) is 19.4 Å². The van der Waals surface area contributed by atoms with E-state index >= 15 is 0 Å². The first kappa shape index (κ1) is 19.1. The van der Waals surface area contributed by atoms with Gasteiger partial charge in [-0.05, 0) is 24.1 Å². The van der Waals surface area contributed by atoms with E-state index in [2.05, 4.69) is 17.9 Å². The van der Waals surface area contributed by atoms with E-state index in [9.17, 15) is 9.59 Å². The lowest BCUT2D eigenvalue weighted by Gasteiger charge is -2.36. The van der Waals surface area contributed by atoms with E-state index in [-0.39, 0.29) is 17.7 Å². The van der Waals surface area contributed by atoms with Crippen molar-refractivity contribution in [1.29, 1.82) is 0 Å². The number of nitrogens with zero attached hydrogens (tertiary/aromatic N) is 3. The summed E-state index contributed by atoms with van der Waals surface area (Å²) in [7, 11) is 0. The van der Waals surface area contributed by atoms with Crippen molar-refractivity contribution < 1.29 is 19.1 Å². The minimum atomic E-state index is -0.162. The largest absolute Gasteiger partial charge is 0.454 e. The van der Waals surface area contributed by atoms with Crippen LogP contribution in [0.25, 0.3) is 0 Å². The summed E-state index contributed by atoms with van der Waals surface area (Å²) in [4.78, 5) is 31.2. The average molecular weight is 387 g/mol. The minimum absolute atomic E-state index is 0.133. The number of ether oxygens (including phenoxy) is 2. The number of fused-ring (bicyclic) bond motifs is 1. The third-order valence-electron chi connectivity index (χ3n) is 5.87. The molecule has 2 amide bonds. The molecule has 2 fully saturated rings. The van der Waals surface area contributed by atoms with Gasteiger partial charge in [-0.2, -0.15) is 0 Å². The molecule has 7 nitrogen and oxygen atoms in total. The Kier molecular flexibility index (Phi) is 5.71. The molecule has 0 N–H and O–H groups in total. The van der Waals surface area contributed by atoms with Crippen LogP contribution in [-0.4, -0.2) is 72.6 Å². The van der Waals surface area contributed by atoms with E-state index < -0.39 is 0 Å². The van der Waals surface area contributed by atoms with Gasteiger partial charge in [-0.15, -0.1) is 0 Å². The molecule has 3 aliphatic rings. The molecule has 0 unspecified atom stereocenters. The summed E-state index contributed by atoms with van der Waals surface area (Å²) in [6, 6.07) is 6.06. The molecule has 4 rings (SSSR count). The van der Waals surface area contributed by atoms with Gasteiger partial charge in [-0.3, -0.25) is 14.5 Å². The second-order valence-electron chi connectivity index (χ2n) is 7.88. The molecule has 0 aromatic heterocycles. The predicted octanol–water partition coefficient (Wildman–Crippen LogP) is 1.71. The van der Waals surface area contributed by atoms with Crippen LogP contribution in [0.4, 0.5) is 0 Å². The summed E-state index contributed by atoms with van der Waals surface area (Å²) in [6.07, 6.45) is 2.44. The maximum absolute atomic E-state index is 12.9. The molecule has 152 valence electrons. The lowest BCUT2D eigenvalue weighted by atomic mass is 10.1. The second-order valence-corrected chi connectivity index (χ2v) is 7.88. The highest BCUT2D eigenvalue weighted by Gasteiger charge is 2.36. The van der Waals surface area contributed by atoms with Crippen molar-refractivity contribution in [3.8, 4) is 11.5 Å². The molecule has 0 bridgehead atoms. The third-order valence-corrected chi connectivity index (χ3v) is 5.87. The first-order chi connectivity index (χ1) is 13.6. The van der Waals surface area contributed by atoms with Crippen molar-refractivity contribution in [3.05, 3.63) is 23.8 Å². The van der Waals surface area contributed by atoms with Crippen LogP contribution in [-0.2, 0) is 16.1 Å². The Morgan fingerprint density at radius 2 is 1.93 bits per heavy atom. The highest BCUT2D eigenvalue weighted by Crippen LogP contribution is 2.33. The molecule has 3 heterocycles. The Labute approximate surface area is 166 Å². The highest BCUT2D eigenvalue weighted by molar-refractivity contribution is 5.89. The molecule has 0 saturated carbocycles. The van der Waals surface area contributed by atoms with Gasteiger partial charge in [0.15, 0.2) is 11.5 Å². The number of carbonyl (C=O) groups is 2. The van der Waals surface area contributed by atoms with Crippen LogP contribution < -0.4 is 9.47 Å². The van der Waals surface area contributed by atoms with E-state index in [1.54, 1.807) is 0 Å². The van der Waals surface area contributed by atoms with E-state index in [4.69, 9.17) is 9.47 Å². The molecule has 28 heavy (non-hydrogen) atoms. The number of hydrogen-bond donors (Lipinski definition) is 0. The standard InChI is InChI=1S/C21H29N3O4/c1-2-3-6-24-14-17(12-20(24)25)21(26)23-9-7-22(8-10-23)13-16-4-5-18-19(11-16)28-15-27-18/h4-5,11,17H,2-3,6-10,12-15H2,1H3/t17-/m0/s1. The van der Waals surface area contributed by atoms with Gasteiger partial charge >= 0.3 is 0 Å². The SMILES string of the molecule is CCCCN1C[C@@H](C(=O)N2CCN(Cc3ccc4c(c3)OCO4)CC2)CC1=O. The van der Waals surface area contributed by atoms with Gasteiger partial charge in [-0.25, -0.2) is 0 Å². The van der Waals surface area contributed by atoms with E-state index in [0.29, 0.717) is 19.8 Å². The van der Waals surface area contributed by atoms with Crippen molar-refractivity contribution in [3.63, 3.8) is 0 Å². The maximum atomic E-state index is 12.9. The normalized spacial score (nSPS) is 22.2. The molecular formula is C21H29N3O4. The Bertz CT molecular complexity index is 730. The van der Waals surface area contributed by atoms with Crippen molar-refractivity contribution in [2.75, 3.05) is 46.1 Å². The molecule has 1 atom stereocenters. The van der Waals surface area contributed by atoms with Crippen LogP contribution >= 0.6 is 0 Å². The molecule has 0 spiro atoms. The fraction of sp³-hybridized carbons (Fsp3) is 0.619. The molecular weight excluding hydrogens is 358 g/mol. The summed E-state index contributed by atoms with van der Waals surface area (Å²) in [5.41, 5.74) is 1.19. The fourth-order valence-corrected chi connectivity index (χ4v) is 4.18. The van der Waals surface area contributed by atoms with Crippen LogP contribution in [0, 0.1) is 5.92 Å². The number of unbranched alkanes of at least 4 members (excludes halogenated alkanes) is 1. The smallest absolute Gasteiger partial charge is 0.231 e. The Morgan fingerprint density at radius 1 is 1.14 bits per heavy atom. The zero-order valence-electron chi connectivity index (χ0n) is 16.6. The Morgan fingerprint density at radius 3 is 2.71 bits per heavy atom. The number of piperazine rings is 1. The van der Waals surface area contributed by atoms with E-state index in [1.807, 2.05) is 21.9 Å². The first-order valence-electron chi connectivity index (χ1n) is 10.3. The number of amides is 2. The number of hydrogen-bond acceptors (Lipinski definition) is 5. The molecule has 7 heteroatoms. The van der Waals surface area contributed by atoms with Gasteiger partial charge in [0.1, 0.15) is 0 Å². The minimum Gasteiger partial charge on any atom is -0.454 e. The average Bonchev–Trinajstić information content (AvgIpc) is 3.32. The summed E-state index contributed by atoms with van der Waals surface area (Å²) in [6.45, 7) is 7.76. The lowest BCUT2D eigenvalue weighted by molar-refractivity contribution is -0.137. The monoisotopic (exact) mass is 387 g/mol. The summed E-state index contributed by atoms with van der Waals surface area (Å²) in [5.74, 6) is 1.73. The number of rotatable bonds is 6. The van der Waals surface area contributed by atoms with Crippen molar-refractivity contribution in [2.24, 2.45) is 5.92 Å². The van der Waals surface area contributed by atoms with Crippen LogP contribution in [0.2, 0.25) is 0 Å². The van der Waals surface area contributed by atoms with Gasteiger partial charge in [0.2, 0.25) is 18.6 Å². The molecule has 1 aromatic rings. The zero-order valence-corrected chi connectivity index (χ0v) is 16.6. The Hall–Kier alpha value is -2.28. The van der Waals surface area contributed by atoms with Crippen LogP contribution in [0.3, 0.4) is 0 Å². The van der Waals surface area contributed by atoms with Crippen molar-refractivity contribution in [1.82, 2.24) is 14.7 Å². The van der Waals surface area contributed by atoms with Gasteiger partial charge in [0.25, 0.3) is 0 Å². The fourth-order valence-electron chi connectivity index (χ4n) is 4.18. The predicted molar refractivity (Wildman–Crippen MR) is 104 cm³/mol. The van der Waals surface area contributed by atoms with Gasteiger partial charge in [0.05, 0.1) is 5.92 Å². The lowest BCUT2D eigenvalue weighted by Crippen LogP contribution is -2.50. The van der Waals surface area contributed by atoms with E-state index in [0.717, 1.165) is 63.6 Å². The number of carbonyl (C=O) groups excluding carboxylic acids is 2. The number of benzene rings is 1. The maximum Gasteiger partial charge on any atom is 0.231 e. The quantitative estimate of drug-likeness (QED) is 0.744. The summed E-state index contributed by atoms with van der Waals surface area (Å²) < 4.78 is 10.8. The third kappa shape index (κ3) is 4.09. The highest BCUT2D eigenvalue weighted by atomic mass is 16.7. The molecule has 3 aliphatic heterocycles. The second kappa shape index (κ2) is 8.39. The van der Waals surface area contributed by atoms with Crippen LogP contribution in [0.1, 0.15) is 31.7 Å². The van der Waals surface area contributed by atoms with Crippen LogP contribution in [0.15, 0.2) is 18.2 Å². The molecule has 2 saturated heterocycles. The van der Waals surface area contributed by atoms with Gasteiger partial charge < -0.3 is 19.3 Å². The van der Waals surface area contributed by atoms with Crippen molar-refractivity contribution >= 4 is 11.8 Å². The summed E-state index contributed by atoms with van der Waals surface area (Å²) >= 11 is 0. The van der Waals surface area contributed by atoms with Gasteiger partial charge in [0, 0.05) is 52.2 Å².